The maximum atomic E-state index is 5.58. The predicted octanol–water partition coefficient (Wildman–Crippen LogP) is 2.52. The van der Waals surface area contributed by atoms with Gasteiger partial charge in [-0.3, -0.25) is 0 Å². The minimum absolute atomic E-state index is 0.616. The number of hydrogen-bond donors (Lipinski definition) is 1. The highest BCUT2D eigenvalue weighted by molar-refractivity contribution is 5.44. The Balaban J connectivity index is 1.55. The van der Waals surface area contributed by atoms with Crippen LogP contribution in [0.3, 0.4) is 0 Å². The van der Waals surface area contributed by atoms with Crippen LogP contribution >= 0.6 is 0 Å². The molecule has 0 fully saturated rings. The van der Waals surface area contributed by atoms with Crippen molar-refractivity contribution < 1.29 is 14.2 Å². The number of nitrogens with one attached hydrogen (secondary N) is 1. The van der Waals surface area contributed by atoms with Crippen molar-refractivity contribution >= 4 is 5.82 Å². The van der Waals surface area contributed by atoms with Crippen molar-refractivity contribution in [2.24, 2.45) is 0 Å². The van der Waals surface area contributed by atoms with Gasteiger partial charge < -0.3 is 19.5 Å². The van der Waals surface area contributed by atoms with Gasteiger partial charge in [-0.1, -0.05) is 6.07 Å². The molecule has 21 heavy (non-hydrogen) atoms. The fraction of sp³-hybridized carbons (Fsp3) is 0.312. The molecule has 0 radical (unpaired) electrons. The summed E-state index contributed by atoms with van der Waals surface area (Å²) in [5, 5.41) is 3.29. The highest BCUT2D eigenvalue weighted by Gasteiger charge is 2.11. The van der Waals surface area contributed by atoms with Crippen molar-refractivity contribution in [3.05, 3.63) is 42.1 Å². The van der Waals surface area contributed by atoms with Crippen LogP contribution in [0.1, 0.15) is 5.56 Å². The molecule has 0 aliphatic carbocycles. The average Bonchev–Trinajstić information content (AvgIpc) is 2.55. The monoisotopic (exact) mass is 286 g/mol. The van der Waals surface area contributed by atoms with E-state index in [0.29, 0.717) is 13.2 Å². The molecule has 0 amide bonds. The second-order valence-corrected chi connectivity index (χ2v) is 4.74. The van der Waals surface area contributed by atoms with Gasteiger partial charge in [0.2, 0.25) is 0 Å². The molecule has 110 valence electrons. The first-order chi connectivity index (χ1) is 10.3. The summed E-state index contributed by atoms with van der Waals surface area (Å²) in [5.74, 6) is 3.26. The molecule has 0 unspecified atom stereocenters. The van der Waals surface area contributed by atoms with Crippen LogP contribution in [-0.4, -0.2) is 31.9 Å². The van der Waals surface area contributed by atoms with Crippen molar-refractivity contribution in [1.82, 2.24) is 4.98 Å². The number of fused-ring (bicyclic) bond motifs is 1. The maximum absolute atomic E-state index is 5.58. The molecule has 0 atom stereocenters. The van der Waals surface area contributed by atoms with E-state index in [1.165, 1.54) is 5.56 Å². The number of benzene rings is 1. The molecule has 1 aliphatic rings. The number of ether oxygens (including phenoxy) is 3. The van der Waals surface area contributed by atoms with Crippen molar-refractivity contribution in [2.75, 3.05) is 32.2 Å². The van der Waals surface area contributed by atoms with Gasteiger partial charge in [-0.2, -0.15) is 0 Å². The highest BCUT2D eigenvalue weighted by atomic mass is 16.6. The lowest BCUT2D eigenvalue weighted by Gasteiger charge is -2.18. The zero-order chi connectivity index (χ0) is 14.5. The Labute approximate surface area is 123 Å². The number of hydrogen-bond acceptors (Lipinski definition) is 5. The van der Waals surface area contributed by atoms with E-state index >= 15 is 0 Å². The summed E-state index contributed by atoms with van der Waals surface area (Å²) < 4.78 is 16.2. The maximum Gasteiger partial charge on any atom is 0.161 e. The van der Waals surface area contributed by atoms with Gasteiger partial charge in [0.25, 0.3) is 0 Å². The zero-order valence-corrected chi connectivity index (χ0v) is 12.0. The molecule has 1 N–H and O–H groups in total. The third-order valence-electron chi connectivity index (χ3n) is 3.30. The molecule has 3 rings (SSSR count). The van der Waals surface area contributed by atoms with E-state index in [2.05, 4.69) is 16.4 Å². The number of rotatable bonds is 5. The number of methoxy groups -OCH3 is 1. The van der Waals surface area contributed by atoms with Crippen molar-refractivity contribution in [2.45, 2.75) is 6.42 Å². The Morgan fingerprint density at radius 2 is 2.00 bits per heavy atom. The Morgan fingerprint density at radius 1 is 1.14 bits per heavy atom. The smallest absolute Gasteiger partial charge is 0.161 e. The molecule has 1 aliphatic heterocycles. The van der Waals surface area contributed by atoms with Crippen LogP contribution in [0, 0.1) is 0 Å². The van der Waals surface area contributed by atoms with Gasteiger partial charge in [-0.15, -0.1) is 0 Å². The van der Waals surface area contributed by atoms with E-state index in [1.54, 1.807) is 13.3 Å². The molecule has 5 nitrogen and oxygen atoms in total. The van der Waals surface area contributed by atoms with Gasteiger partial charge >= 0.3 is 0 Å². The van der Waals surface area contributed by atoms with E-state index in [1.807, 2.05) is 24.3 Å². The van der Waals surface area contributed by atoms with Crippen LogP contribution < -0.4 is 19.5 Å². The Hall–Kier alpha value is -2.43. The lowest BCUT2D eigenvalue weighted by atomic mass is 10.1. The Kier molecular flexibility index (Phi) is 4.09. The lowest BCUT2D eigenvalue weighted by molar-refractivity contribution is 0.171. The number of anilines is 1. The summed E-state index contributed by atoms with van der Waals surface area (Å²) in [4.78, 5) is 4.27. The molecular weight excluding hydrogens is 268 g/mol. The van der Waals surface area contributed by atoms with E-state index in [-0.39, 0.29) is 0 Å². The quantitative estimate of drug-likeness (QED) is 0.915. The molecule has 2 heterocycles. The summed E-state index contributed by atoms with van der Waals surface area (Å²) in [7, 11) is 1.63. The Morgan fingerprint density at radius 3 is 2.76 bits per heavy atom. The minimum atomic E-state index is 0.616. The summed E-state index contributed by atoms with van der Waals surface area (Å²) in [6.07, 6.45) is 2.59. The van der Waals surface area contributed by atoms with Crippen LogP contribution in [0.4, 0.5) is 5.82 Å². The second kappa shape index (κ2) is 6.35. The van der Waals surface area contributed by atoms with Crippen LogP contribution in [-0.2, 0) is 6.42 Å². The topological polar surface area (TPSA) is 52.6 Å². The molecule has 2 aromatic rings. The Bertz CT molecular complexity index is 599. The zero-order valence-electron chi connectivity index (χ0n) is 12.0. The first-order valence-electron chi connectivity index (χ1n) is 6.97. The summed E-state index contributed by atoms with van der Waals surface area (Å²) >= 11 is 0. The third-order valence-corrected chi connectivity index (χ3v) is 3.30. The molecule has 0 bridgehead atoms. The van der Waals surface area contributed by atoms with Crippen LogP contribution in [0.15, 0.2) is 36.5 Å². The number of nitrogens with zero attached hydrogens (tertiary/aromatic N) is 1. The largest absolute Gasteiger partial charge is 0.495 e. The van der Waals surface area contributed by atoms with E-state index < -0.39 is 0 Å². The van der Waals surface area contributed by atoms with Crippen LogP contribution in [0.25, 0.3) is 0 Å². The summed E-state index contributed by atoms with van der Waals surface area (Å²) in [5.41, 5.74) is 1.21. The van der Waals surface area contributed by atoms with E-state index in [0.717, 1.165) is 36.0 Å². The summed E-state index contributed by atoms with van der Waals surface area (Å²) in [6.45, 7) is 2.04. The highest BCUT2D eigenvalue weighted by Crippen LogP contribution is 2.30. The molecule has 5 heteroatoms. The standard InChI is InChI=1S/C16H18N2O3/c1-19-13-3-5-16(18-11-13)17-7-6-12-2-4-14-15(10-12)21-9-8-20-14/h2-5,10-11H,6-9H2,1H3,(H,17,18). The molecule has 0 saturated heterocycles. The molecule has 1 aromatic heterocycles. The van der Waals surface area contributed by atoms with Crippen molar-refractivity contribution in [3.63, 3.8) is 0 Å². The van der Waals surface area contributed by atoms with Gasteiger partial charge in [0, 0.05) is 6.54 Å². The molecule has 0 saturated carbocycles. The molecular formula is C16H18N2O3. The van der Waals surface area contributed by atoms with E-state index in [9.17, 15) is 0 Å². The molecule has 0 spiro atoms. The van der Waals surface area contributed by atoms with Gasteiger partial charge in [-0.25, -0.2) is 4.98 Å². The van der Waals surface area contributed by atoms with Crippen LogP contribution in [0.2, 0.25) is 0 Å². The predicted molar refractivity (Wildman–Crippen MR) is 80.4 cm³/mol. The normalized spacial score (nSPS) is 12.8. The summed E-state index contributed by atoms with van der Waals surface area (Å²) in [6, 6.07) is 9.87. The van der Waals surface area contributed by atoms with E-state index in [4.69, 9.17) is 14.2 Å². The van der Waals surface area contributed by atoms with Gasteiger partial charge in [0.1, 0.15) is 24.8 Å². The first-order valence-corrected chi connectivity index (χ1v) is 6.97. The van der Waals surface area contributed by atoms with Gasteiger partial charge in [0.05, 0.1) is 13.3 Å². The number of pyridine rings is 1. The van der Waals surface area contributed by atoms with Crippen molar-refractivity contribution in [1.29, 1.82) is 0 Å². The SMILES string of the molecule is COc1ccc(NCCc2ccc3c(c2)OCCO3)nc1. The second-order valence-electron chi connectivity index (χ2n) is 4.74. The van der Waals surface area contributed by atoms with Crippen molar-refractivity contribution in [3.8, 4) is 17.2 Å². The van der Waals surface area contributed by atoms with Gasteiger partial charge in [-0.05, 0) is 36.2 Å². The molecule has 1 aromatic carbocycles. The number of aromatic nitrogens is 1. The minimum Gasteiger partial charge on any atom is -0.495 e. The van der Waals surface area contributed by atoms with Crippen LogP contribution in [0.5, 0.6) is 17.2 Å². The van der Waals surface area contributed by atoms with Gasteiger partial charge in [0.15, 0.2) is 11.5 Å². The first kappa shape index (κ1) is 13.5. The fourth-order valence-electron chi connectivity index (χ4n) is 2.18. The fourth-order valence-corrected chi connectivity index (χ4v) is 2.18. The third kappa shape index (κ3) is 3.37. The average molecular weight is 286 g/mol. The lowest BCUT2D eigenvalue weighted by Crippen LogP contribution is -2.15.